The molecule has 0 spiro atoms. The van der Waals surface area contributed by atoms with E-state index >= 15 is 0 Å². The molecule has 7 heteroatoms. The summed E-state index contributed by atoms with van der Waals surface area (Å²) in [6.45, 7) is 0.690. The van der Waals surface area contributed by atoms with E-state index in [9.17, 15) is 18.0 Å². The molecule has 1 aliphatic heterocycles. The number of carbonyl (C=O) groups is 2. The third-order valence-corrected chi connectivity index (χ3v) is 7.20. The van der Waals surface area contributed by atoms with E-state index in [1.54, 1.807) is 23.1 Å². The molecule has 2 amide bonds. The van der Waals surface area contributed by atoms with Crippen molar-refractivity contribution in [1.82, 2.24) is 0 Å². The van der Waals surface area contributed by atoms with E-state index < -0.39 is 9.84 Å². The minimum Gasteiger partial charge on any atom is -0.326 e. The minimum atomic E-state index is -3.19. The maximum Gasteiger partial charge on any atom is 0.227 e. The molecule has 1 aromatic rings. The summed E-state index contributed by atoms with van der Waals surface area (Å²) in [6.07, 6.45) is 4.71. The summed E-state index contributed by atoms with van der Waals surface area (Å²) in [5.41, 5.74) is 1.35. The Labute approximate surface area is 148 Å². The Kier molecular flexibility index (Phi) is 5.42. The average molecular weight is 364 g/mol. The molecular weight excluding hydrogens is 340 g/mol. The predicted octanol–water partition coefficient (Wildman–Crippen LogP) is 2.50. The molecule has 1 saturated heterocycles. The number of hydrogen-bond donors (Lipinski definition) is 1. The van der Waals surface area contributed by atoms with Gasteiger partial charge in [0.15, 0.2) is 9.84 Å². The second kappa shape index (κ2) is 7.56. The summed E-state index contributed by atoms with van der Waals surface area (Å²) in [4.78, 5) is 25.6. The number of anilines is 2. The topological polar surface area (TPSA) is 83.6 Å². The molecule has 136 valence electrons. The summed E-state index contributed by atoms with van der Waals surface area (Å²) in [6, 6.07) is 7.12. The van der Waals surface area contributed by atoms with E-state index in [4.69, 9.17) is 0 Å². The SMILES string of the molecule is O=C(CCS(=O)(=O)C1CCCC1)Nc1cccc(N2CCCC2=O)c1. The Bertz CT molecular complexity index is 754. The number of benzene rings is 1. The molecule has 1 heterocycles. The van der Waals surface area contributed by atoms with Gasteiger partial charge in [-0.3, -0.25) is 9.59 Å². The standard InChI is InChI=1S/C18H24N2O4S/c21-17(10-12-25(23,24)16-7-1-2-8-16)19-14-5-3-6-15(13-14)20-11-4-9-18(20)22/h3,5-6,13,16H,1-2,4,7-12H2,(H,19,21). The number of nitrogens with zero attached hydrogens (tertiary/aromatic N) is 1. The highest BCUT2D eigenvalue weighted by Crippen LogP contribution is 2.26. The molecule has 2 aliphatic rings. The van der Waals surface area contributed by atoms with Gasteiger partial charge in [-0.15, -0.1) is 0 Å². The van der Waals surface area contributed by atoms with Crippen molar-refractivity contribution >= 4 is 33.0 Å². The molecule has 1 aromatic carbocycles. The first-order valence-electron chi connectivity index (χ1n) is 8.87. The van der Waals surface area contributed by atoms with E-state index in [1.807, 2.05) is 6.07 Å². The van der Waals surface area contributed by atoms with Crippen LogP contribution in [0.3, 0.4) is 0 Å². The van der Waals surface area contributed by atoms with Gasteiger partial charge < -0.3 is 10.2 Å². The summed E-state index contributed by atoms with van der Waals surface area (Å²) < 4.78 is 24.5. The molecule has 0 aromatic heterocycles. The van der Waals surface area contributed by atoms with Crippen LogP contribution in [0.1, 0.15) is 44.9 Å². The largest absolute Gasteiger partial charge is 0.326 e. The van der Waals surface area contributed by atoms with Crippen molar-refractivity contribution in [2.75, 3.05) is 22.5 Å². The molecule has 1 N–H and O–H groups in total. The fraction of sp³-hybridized carbons (Fsp3) is 0.556. The third kappa shape index (κ3) is 4.39. The number of nitrogens with one attached hydrogen (secondary N) is 1. The van der Waals surface area contributed by atoms with Gasteiger partial charge in [-0.05, 0) is 37.5 Å². The van der Waals surface area contributed by atoms with Crippen molar-refractivity contribution < 1.29 is 18.0 Å². The maximum atomic E-state index is 12.2. The first-order valence-corrected chi connectivity index (χ1v) is 10.6. The lowest BCUT2D eigenvalue weighted by molar-refractivity contribution is -0.117. The Morgan fingerprint density at radius 1 is 1.20 bits per heavy atom. The van der Waals surface area contributed by atoms with Crippen LogP contribution in [0, 0.1) is 0 Å². The predicted molar refractivity (Wildman–Crippen MR) is 97.3 cm³/mol. The van der Waals surface area contributed by atoms with Crippen LogP contribution in [-0.4, -0.2) is 37.8 Å². The van der Waals surface area contributed by atoms with Gasteiger partial charge in [-0.1, -0.05) is 18.9 Å². The van der Waals surface area contributed by atoms with E-state index in [0.29, 0.717) is 18.7 Å². The van der Waals surface area contributed by atoms with E-state index in [2.05, 4.69) is 5.32 Å². The normalized spacial score (nSPS) is 18.7. The highest BCUT2D eigenvalue weighted by Gasteiger charge is 2.29. The van der Waals surface area contributed by atoms with Crippen LogP contribution in [0.4, 0.5) is 11.4 Å². The number of rotatable bonds is 6. The molecule has 0 atom stereocenters. The summed E-state index contributed by atoms with van der Waals surface area (Å²) in [7, 11) is -3.19. The van der Waals surface area contributed by atoms with Crippen LogP contribution in [-0.2, 0) is 19.4 Å². The second-order valence-electron chi connectivity index (χ2n) is 6.77. The molecule has 1 saturated carbocycles. The lowest BCUT2D eigenvalue weighted by atomic mass is 10.2. The van der Waals surface area contributed by atoms with Gasteiger partial charge in [0.2, 0.25) is 11.8 Å². The van der Waals surface area contributed by atoms with E-state index in [1.165, 1.54) is 0 Å². The molecule has 0 unspecified atom stereocenters. The summed E-state index contributed by atoms with van der Waals surface area (Å²) >= 11 is 0. The molecule has 0 radical (unpaired) electrons. The van der Waals surface area contributed by atoms with Crippen LogP contribution < -0.4 is 10.2 Å². The first kappa shape index (κ1) is 17.9. The Balaban J connectivity index is 1.57. The lowest BCUT2D eigenvalue weighted by Gasteiger charge is -2.17. The molecule has 1 aliphatic carbocycles. The number of amides is 2. The fourth-order valence-corrected chi connectivity index (χ4v) is 5.40. The van der Waals surface area contributed by atoms with Crippen molar-refractivity contribution in [3.05, 3.63) is 24.3 Å². The zero-order valence-corrected chi connectivity index (χ0v) is 15.1. The summed E-state index contributed by atoms with van der Waals surface area (Å²) in [5, 5.41) is 2.47. The summed E-state index contributed by atoms with van der Waals surface area (Å²) in [5.74, 6) is -0.328. The highest BCUT2D eigenvalue weighted by molar-refractivity contribution is 7.92. The van der Waals surface area contributed by atoms with Crippen LogP contribution >= 0.6 is 0 Å². The van der Waals surface area contributed by atoms with Crippen LogP contribution in [0.15, 0.2) is 24.3 Å². The second-order valence-corrected chi connectivity index (χ2v) is 9.17. The number of hydrogen-bond acceptors (Lipinski definition) is 4. The quantitative estimate of drug-likeness (QED) is 0.841. The monoisotopic (exact) mass is 364 g/mol. The van der Waals surface area contributed by atoms with Gasteiger partial charge in [-0.25, -0.2) is 8.42 Å². The molecule has 2 fully saturated rings. The van der Waals surface area contributed by atoms with Crippen LogP contribution in [0.2, 0.25) is 0 Å². The van der Waals surface area contributed by atoms with Crippen LogP contribution in [0.25, 0.3) is 0 Å². The molecular formula is C18H24N2O4S. The highest BCUT2D eigenvalue weighted by atomic mass is 32.2. The Morgan fingerprint density at radius 3 is 2.64 bits per heavy atom. The zero-order chi connectivity index (χ0) is 17.9. The van der Waals surface area contributed by atoms with Crippen molar-refractivity contribution in [3.8, 4) is 0 Å². The Hall–Kier alpha value is -1.89. The van der Waals surface area contributed by atoms with Crippen LogP contribution in [0.5, 0.6) is 0 Å². The van der Waals surface area contributed by atoms with Gasteiger partial charge >= 0.3 is 0 Å². The van der Waals surface area contributed by atoms with Gasteiger partial charge in [-0.2, -0.15) is 0 Å². The van der Waals surface area contributed by atoms with Gasteiger partial charge in [0.05, 0.1) is 11.0 Å². The van der Waals surface area contributed by atoms with Crippen molar-refractivity contribution in [2.45, 2.75) is 50.2 Å². The molecule has 3 rings (SSSR count). The maximum absolute atomic E-state index is 12.2. The van der Waals surface area contributed by atoms with Gasteiger partial charge in [0, 0.05) is 30.8 Å². The van der Waals surface area contributed by atoms with Gasteiger partial charge in [0.25, 0.3) is 0 Å². The zero-order valence-electron chi connectivity index (χ0n) is 14.2. The fourth-order valence-electron chi connectivity index (χ4n) is 3.55. The molecule has 25 heavy (non-hydrogen) atoms. The van der Waals surface area contributed by atoms with Crippen molar-refractivity contribution in [3.63, 3.8) is 0 Å². The van der Waals surface area contributed by atoms with Gasteiger partial charge in [0.1, 0.15) is 0 Å². The molecule has 0 bridgehead atoms. The lowest BCUT2D eigenvalue weighted by Crippen LogP contribution is -2.25. The average Bonchev–Trinajstić information content (AvgIpc) is 3.25. The molecule has 6 nitrogen and oxygen atoms in total. The van der Waals surface area contributed by atoms with Crippen molar-refractivity contribution in [1.29, 1.82) is 0 Å². The third-order valence-electron chi connectivity index (χ3n) is 4.94. The Morgan fingerprint density at radius 2 is 1.96 bits per heavy atom. The number of sulfone groups is 1. The smallest absolute Gasteiger partial charge is 0.227 e. The number of carbonyl (C=O) groups excluding carboxylic acids is 2. The van der Waals surface area contributed by atoms with E-state index in [-0.39, 0.29) is 29.2 Å². The van der Waals surface area contributed by atoms with Crippen molar-refractivity contribution in [2.24, 2.45) is 0 Å². The minimum absolute atomic E-state index is 0.0360. The first-order chi connectivity index (χ1) is 12.0. The van der Waals surface area contributed by atoms with E-state index in [0.717, 1.165) is 37.8 Å².